The van der Waals surface area contributed by atoms with Crippen LogP contribution in [0, 0.1) is 5.82 Å². The minimum absolute atomic E-state index is 0.177. The van der Waals surface area contributed by atoms with E-state index < -0.39 is 0 Å². The molecular weight excluding hydrogens is 361 g/mol. The van der Waals surface area contributed by atoms with Crippen LogP contribution in [-0.4, -0.2) is 30.1 Å². The number of halogens is 1. The van der Waals surface area contributed by atoms with Crippen molar-refractivity contribution >= 4 is 17.6 Å². The van der Waals surface area contributed by atoms with Crippen molar-refractivity contribution in [2.45, 2.75) is 18.9 Å². The molecular formula is C21H20FN3OS. The number of benzene rings is 2. The first-order valence-corrected chi connectivity index (χ1v) is 9.86. The Balaban J connectivity index is 1.72. The Morgan fingerprint density at radius 1 is 1.15 bits per heavy atom. The summed E-state index contributed by atoms with van der Waals surface area (Å²) in [6, 6.07) is 16.6. The van der Waals surface area contributed by atoms with Gasteiger partial charge in [0.1, 0.15) is 5.82 Å². The predicted octanol–water partition coefficient (Wildman–Crippen LogP) is 4.32. The summed E-state index contributed by atoms with van der Waals surface area (Å²) < 4.78 is 21.4. The van der Waals surface area contributed by atoms with Crippen LogP contribution in [0.15, 0.2) is 70.1 Å². The minimum atomic E-state index is -0.295. The van der Waals surface area contributed by atoms with Crippen LogP contribution >= 0.6 is 11.3 Å². The number of nitrogens with zero attached hydrogens (tertiary/aromatic N) is 3. The first-order valence-electron chi connectivity index (χ1n) is 8.98. The van der Waals surface area contributed by atoms with E-state index >= 15 is 0 Å². The Morgan fingerprint density at radius 2 is 1.96 bits per heavy atom. The van der Waals surface area contributed by atoms with Crippen molar-refractivity contribution in [1.29, 1.82) is 0 Å². The summed E-state index contributed by atoms with van der Waals surface area (Å²) in [6.45, 7) is 1.43. The lowest BCUT2D eigenvalue weighted by atomic mass is 10.2. The predicted molar refractivity (Wildman–Crippen MR) is 107 cm³/mol. The third kappa shape index (κ3) is 4.23. The van der Waals surface area contributed by atoms with Crippen molar-refractivity contribution in [3.63, 3.8) is 0 Å². The second-order valence-electron chi connectivity index (χ2n) is 6.32. The first-order chi connectivity index (χ1) is 13.3. The summed E-state index contributed by atoms with van der Waals surface area (Å²) in [5.41, 5.74) is 2.41. The van der Waals surface area contributed by atoms with Gasteiger partial charge in [0, 0.05) is 23.1 Å². The molecule has 0 saturated carbocycles. The van der Waals surface area contributed by atoms with Crippen LogP contribution in [0.3, 0.4) is 0 Å². The molecule has 0 radical (unpaired) electrons. The van der Waals surface area contributed by atoms with Gasteiger partial charge in [0.25, 0.3) is 0 Å². The third-order valence-electron chi connectivity index (χ3n) is 4.43. The van der Waals surface area contributed by atoms with Gasteiger partial charge >= 0.3 is 0 Å². The SMILES string of the molecule is Fc1ccccc1/C=N\n1c(-c2ccccc2)csc1=NC[C@H]1CCCO1. The highest BCUT2D eigenvalue weighted by atomic mass is 32.1. The van der Waals surface area contributed by atoms with Crippen LogP contribution in [0.5, 0.6) is 0 Å². The lowest BCUT2D eigenvalue weighted by molar-refractivity contribution is 0.117. The average Bonchev–Trinajstić information content (AvgIpc) is 3.36. The topological polar surface area (TPSA) is 38.9 Å². The lowest BCUT2D eigenvalue weighted by Crippen LogP contribution is -2.17. The van der Waals surface area contributed by atoms with E-state index in [0.717, 1.165) is 35.5 Å². The van der Waals surface area contributed by atoms with Crippen molar-refractivity contribution in [2.24, 2.45) is 10.1 Å². The van der Waals surface area contributed by atoms with Gasteiger partial charge in [0.2, 0.25) is 4.80 Å². The van der Waals surface area contributed by atoms with Gasteiger partial charge in [-0.25, -0.2) is 9.07 Å². The Kier molecular flexibility index (Phi) is 5.55. The molecule has 1 aliphatic heterocycles. The molecule has 27 heavy (non-hydrogen) atoms. The Bertz CT molecular complexity index is 988. The molecule has 0 bridgehead atoms. The molecule has 6 heteroatoms. The molecule has 4 nitrogen and oxygen atoms in total. The summed E-state index contributed by atoms with van der Waals surface area (Å²) in [7, 11) is 0. The molecule has 0 aliphatic carbocycles. The maximum atomic E-state index is 14.0. The smallest absolute Gasteiger partial charge is 0.206 e. The lowest BCUT2D eigenvalue weighted by Gasteiger charge is -2.05. The summed E-state index contributed by atoms with van der Waals surface area (Å²) in [5.74, 6) is -0.295. The van der Waals surface area contributed by atoms with E-state index in [1.807, 2.05) is 35.7 Å². The molecule has 2 aromatic carbocycles. The van der Waals surface area contributed by atoms with E-state index in [9.17, 15) is 4.39 Å². The molecule has 0 N–H and O–H groups in total. The molecule has 0 amide bonds. The number of ether oxygens (including phenoxy) is 1. The second-order valence-corrected chi connectivity index (χ2v) is 7.16. The highest BCUT2D eigenvalue weighted by molar-refractivity contribution is 7.07. The van der Waals surface area contributed by atoms with E-state index in [-0.39, 0.29) is 11.9 Å². The van der Waals surface area contributed by atoms with Crippen LogP contribution in [-0.2, 0) is 4.74 Å². The zero-order chi connectivity index (χ0) is 18.5. The number of rotatable bonds is 5. The molecule has 0 spiro atoms. The molecule has 1 saturated heterocycles. The van der Waals surface area contributed by atoms with E-state index in [4.69, 9.17) is 9.73 Å². The maximum Gasteiger partial charge on any atom is 0.206 e. The zero-order valence-electron chi connectivity index (χ0n) is 14.8. The molecule has 1 atom stereocenters. The van der Waals surface area contributed by atoms with Gasteiger partial charge in [-0.15, -0.1) is 11.3 Å². The highest BCUT2D eigenvalue weighted by Gasteiger charge is 2.15. The summed E-state index contributed by atoms with van der Waals surface area (Å²) in [6.07, 6.45) is 3.85. The van der Waals surface area contributed by atoms with E-state index in [1.165, 1.54) is 17.4 Å². The van der Waals surface area contributed by atoms with Gasteiger partial charge in [-0.3, -0.25) is 4.99 Å². The van der Waals surface area contributed by atoms with Gasteiger partial charge < -0.3 is 4.74 Å². The summed E-state index contributed by atoms with van der Waals surface area (Å²) >= 11 is 1.53. The van der Waals surface area contributed by atoms with Crippen molar-refractivity contribution in [3.8, 4) is 11.3 Å². The molecule has 4 rings (SSSR count). The van der Waals surface area contributed by atoms with Crippen LogP contribution in [0.1, 0.15) is 18.4 Å². The fourth-order valence-electron chi connectivity index (χ4n) is 2.99. The van der Waals surface area contributed by atoms with Gasteiger partial charge in [-0.1, -0.05) is 48.5 Å². The quantitative estimate of drug-likeness (QED) is 0.607. The molecule has 2 heterocycles. The first kappa shape index (κ1) is 17.8. The number of thiazole rings is 1. The normalized spacial score (nSPS) is 17.8. The van der Waals surface area contributed by atoms with Crippen LogP contribution < -0.4 is 4.80 Å². The van der Waals surface area contributed by atoms with Crippen molar-refractivity contribution in [2.75, 3.05) is 13.2 Å². The molecule has 1 fully saturated rings. The molecule has 1 aliphatic rings. The Labute approximate surface area is 161 Å². The molecule has 1 aromatic heterocycles. The molecule has 138 valence electrons. The van der Waals surface area contributed by atoms with Gasteiger partial charge in [0.05, 0.1) is 24.6 Å². The third-order valence-corrected chi connectivity index (χ3v) is 5.28. The van der Waals surface area contributed by atoms with Crippen molar-refractivity contribution in [3.05, 3.63) is 76.2 Å². The fourth-order valence-corrected chi connectivity index (χ4v) is 3.84. The number of hydrogen-bond acceptors (Lipinski definition) is 4. The fraction of sp³-hybridized carbons (Fsp3) is 0.238. The van der Waals surface area contributed by atoms with Crippen molar-refractivity contribution < 1.29 is 9.13 Å². The van der Waals surface area contributed by atoms with Gasteiger partial charge in [-0.2, -0.15) is 5.10 Å². The average molecular weight is 381 g/mol. The van der Waals surface area contributed by atoms with E-state index in [0.29, 0.717) is 12.1 Å². The van der Waals surface area contributed by atoms with Gasteiger partial charge in [-0.05, 0) is 18.9 Å². The van der Waals surface area contributed by atoms with Crippen LogP contribution in [0.2, 0.25) is 0 Å². The zero-order valence-corrected chi connectivity index (χ0v) is 15.6. The maximum absolute atomic E-state index is 14.0. The number of aromatic nitrogens is 1. The van der Waals surface area contributed by atoms with Crippen LogP contribution in [0.4, 0.5) is 4.39 Å². The minimum Gasteiger partial charge on any atom is -0.376 e. The second kappa shape index (κ2) is 8.41. The number of hydrogen-bond donors (Lipinski definition) is 0. The monoisotopic (exact) mass is 381 g/mol. The van der Waals surface area contributed by atoms with Crippen molar-refractivity contribution in [1.82, 2.24) is 4.68 Å². The Hall–Kier alpha value is -2.57. The summed E-state index contributed by atoms with van der Waals surface area (Å²) in [4.78, 5) is 5.49. The molecule has 3 aromatic rings. The highest BCUT2D eigenvalue weighted by Crippen LogP contribution is 2.20. The standard InChI is InChI=1S/C21H20FN3OS/c22-19-11-5-4-9-17(19)13-24-25-20(16-7-2-1-3-8-16)15-27-21(25)23-14-18-10-6-12-26-18/h1-5,7-9,11,13,15,18H,6,10,12,14H2/b23-21?,24-13-/t18-/m1/s1. The Morgan fingerprint density at radius 3 is 2.74 bits per heavy atom. The van der Waals surface area contributed by atoms with E-state index in [2.05, 4.69) is 5.10 Å². The molecule has 0 unspecified atom stereocenters. The summed E-state index contributed by atoms with van der Waals surface area (Å²) in [5, 5.41) is 6.58. The van der Waals surface area contributed by atoms with Gasteiger partial charge in [0.15, 0.2) is 0 Å². The van der Waals surface area contributed by atoms with E-state index in [1.54, 1.807) is 29.1 Å². The van der Waals surface area contributed by atoms with Crippen LogP contribution in [0.25, 0.3) is 11.3 Å². The largest absolute Gasteiger partial charge is 0.376 e.